The van der Waals surface area contributed by atoms with Crippen LogP contribution in [0.4, 0.5) is 13.2 Å². The zero-order valence-electron chi connectivity index (χ0n) is 10.5. The second-order valence-corrected chi connectivity index (χ2v) is 6.05. The fraction of sp³-hybridized carbons (Fsp3) is 0.400. The van der Waals surface area contributed by atoms with E-state index >= 15 is 0 Å². The first kappa shape index (κ1) is 17.3. The average Bonchev–Trinajstić information content (AvgIpc) is 2.36. The molecule has 3 N–H and O–H groups in total. The molecule has 0 aliphatic heterocycles. The van der Waals surface area contributed by atoms with Crippen LogP contribution in [-0.4, -0.2) is 41.7 Å². The predicted molar refractivity (Wildman–Crippen MR) is 62.7 cm³/mol. The third kappa shape index (κ3) is 4.37. The zero-order valence-corrected chi connectivity index (χ0v) is 11.4. The maximum Gasteiger partial charge on any atom is 0.433 e. The van der Waals surface area contributed by atoms with Gasteiger partial charge < -0.3 is 10.2 Å². The molecule has 0 radical (unpaired) electrons. The van der Waals surface area contributed by atoms with Crippen molar-refractivity contribution in [3.63, 3.8) is 0 Å². The van der Waals surface area contributed by atoms with Crippen molar-refractivity contribution in [1.82, 2.24) is 9.71 Å². The first-order valence-corrected chi connectivity index (χ1v) is 6.83. The normalized spacial score (nSPS) is 15.5. The average molecular weight is 328 g/mol. The molecule has 0 aliphatic carbocycles. The Morgan fingerprint density at radius 1 is 1.38 bits per heavy atom. The Morgan fingerprint density at radius 2 is 1.95 bits per heavy atom. The standard InChI is InChI=1S/C10H11F3N2O5S/c1-9(18,8(16)17)5-15-21(19,20)6-2-3-7(14-4-6)10(11,12)13/h2-4,15,18H,5H2,1H3,(H,16,17). The molecule has 0 saturated carbocycles. The van der Waals surface area contributed by atoms with Crippen LogP contribution < -0.4 is 4.72 Å². The van der Waals surface area contributed by atoms with Crippen LogP contribution in [0, 0.1) is 0 Å². The van der Waals surface area contributed by atoms with E-state index in [-0.39, 0.29) is 0 Å². The van der Waals surface area contributed by atoms with Crippen molar-refractivity contribution in [2.24, 2.45) is 0 Å². The first-order chi connectivity index (χ1) is 9.36. The molecule has 1 unspecified atom stereocenters. The summed E-state index contributed by atoms with van der Waals surface area (Å²) in [5.74, 6) is -1.66. The van der Waals surface area contributed by atoms with E-state index in [2.05, 4.69) is 4.98 Å². The van der Waals surface area contributed by atoms with E-state index in [1.165, 1.54) is 0 Å². The van der Waals surface area contributed by atoms with Gasteiger partial charge in [-0.15, -0.1) is 0 Å². The van der Waals surface area contributed by atoms with Gasteiger partial charge >= 0.3 is 12.1 Å². The summed E-state index contributed by atoms with van der Waals surface area (Å²) >= 11 is 0. The number of rotatable bonds is 5. The minimum atomic E-state index is -4.71. The van der Waals surface area contributed by atoms with Gasteiger partial charge in [0.15, 0.2) is 5.60 Å². The summed E-state index contributed by atoms with van der Waals surface area (Å²) in [6, 6.07) is 1.15. The van der Waals surface area contributed by atoms with Gasteiger partial charge in [-0.25, -0.2) is 17.9 Å². The van der Waals surface area contributed by atoms with Gasteiger partial charge in [-0.3, -0.25) is 4.98 Å². The van der Waals surface area contributed by atoms with Gasteiger partial charge in [0.2, 0.25) is 10.0 Å². The number of halogens is 3. The van der Waals surface area contributed by atoms with Crippen molar-refractivity contribution in [3.8, 4) is 0 Å². The maximum absolute atomic E-state index is 12.3. The maximum atomic E-state index is 12.3. The summed E-state index contributed by atoms with van der Waals surface area (Å²) in [6.07, 6.45) is -4.22. The van der Waals surface area contributed by atoms with Crippen LogP contribution in [0.25, 0.3) is 0 Å². The molecule has 1 aromatic rings. The molecular formula is C10H11F3N2O5S. The van der Waals surface area contributed by atoms with Crippen molar-refractivity contribution >= 4 is 16.0 Å². The molecule has 0 aliphatic rings. The number of hydrogen-bond acceptors (Lipinski definition) is 5. The number of carboxylic acid groups (broad SMARTS) is 1. The van der Waals surface area contributed by atoms with E-state index in [1.807, 2.05) is 0 Å². The molecule has 1 atom stereocenters. The lowest BCUT2D eigenvalue weighted by Gasteiger charge is -2.18. The zero-order chi connectivity index (χ0) is 16.5. The van der Waals surface area contributed by atoms with Crippen LogP contribution in [0.3, 0.4) is 0 Å². The number of carbonyl (C=O) groups is 1. The van der Waals surface area contributed by atoms with Crippen LogP contribution in [0.5, 0.6) is 0 Å². The molecule has 0 spiro atoms. The number of sulfonamides is 1. The summed E-state index contributed by atoms with van der Waals surface area (Å²) in [4.78, 5) is 13.0. The molecular weight excluding hydrogens is 317 g/mol. The number of alkyl halides is 3. The van der Waals surface area contributed by atoms with E-state index in [4.69, 9.17) is 5.11 Å². The van der Waals surface area contributed by atoms with Gasteiger partial charge in [0.25, 0.3) is 0 Å². The Labute approximate surface area is 117 Å². The second-order valence-electron chi connectivity index (χ2n) is 4.28. The molecule has 21 heavy (non-hydrogen) atoms. The Kier molecular flexibility index (Phi) is 4.60. The van der Waals surface area contributed by atoms with Crippen LogP contribution in [0.1, 0.15) is 12.6 Å². The van der Waals surface area contributed by atoms with Gasteiger partial charge in [0, 0.05) is 6.20 Å². The smallest absolute Gasteiger partial charge is 0.433 e. The number of pyridine rings is 1. The number of nitrogens with zero attached hydrogens (tertiary/aromatic N) is 1. The summed E-state index contributed by atoms with van der Waals surface area (Å²) in [6.45, 7) is 0.00848. The minimum absolute atomic E-state index is 0.476. The number of carboxylic acids is 1. The SMILES string of the molecule is CC(O)(CNS(=O)(=O)c1ccc(C(F)(F)F)nc1)C(=O)O. The van der Waals surface area contributed by atoms with Crippen LogP contribution in [0.15, 0.2) is 23.2 Å². The third-order valence-corrected chi connectivity index (χ3v) is 3.79. The van der Waals surface area contributed by atoms with Crippen molar-refractivity contribution in [3.05, 3.63) is 24.0 Å². The monoisotopic (exact) mass is 328 g/mol. The molecule has 1 heterocycles. The predicted octanol–water partition coefficient (Wildman–Crippen LogP) is 0.214. The quantitative estimate of drug-likeness (QED) is 0.712. The van der Waals surface area contributed by atoms with E-state index in [1.54, 1.807) is 4.72 Å². The lowest BCUT2D eigenvalue weighted by atomic mass is 10.1. The van der Waals surface area contributed by atoms with Crippen molar-refractivity contribution < 1.29 is 36.6 Å². The highest BCUT2D eigenvalue weighted by atomic mass is 32.2. The van der Waals surface area contributed by atoms with Crippen molar-refractivity contribution in [1.29, 1.82) is 0 Å². The molecule has 11 heteroatoms. The summed E-state index contributed by atoms with van der Waals surface area (Å²) in [5, 5.41) is 18.0. The molecule has 1 aromatic heterocycles. The fourth-order valence-corrected chi connectivity index (χ4v) is 2.18. The highest BCUT2D eigenvalue weighted by molar-refractivity contribution is 7.89. The number of hydrogen-bond donors (Lipinski definition) is 3. The number of nitrogens with one attached hydrogen (secondary N) is 1. The van der Waals surface area contributed by atoms with Crippen molar-refractivity contribution in [2.75, 3.05) is 6.54 Å². The van der Waals surface area contributed by atoms with Crippen LogP contribution in [0.2, 0.25) is 0 Å². The molecule has 7 nitrogen and oxygen atoms in total. The van der Waals surface area contributed by atoms with Crippen LogP contribution >= 0.6 is 0 Å². The van der Waals surface area contributed by atoms with Crippen LogP contribution in [-0.2, 0) is 21.0 Å². The van der Waals surface area contributed by atoms with Gasteiger partial charge in [-0.2, -0.15) is 13.2 Å². The minimum Gasteiger partial charge on any atom is -0.479 e. The summed E-state index contributed by atoms with van der Waals surface area (Å²) in [7, 11) is -4.29. The fourth-order valence-electron chi connectivity index (χ4n) is 1.10. The Balaban J connectivity index is 2.92. The van der Waals surface area contributed by atoms with E-state index in [9.17, 15) is 31.5 Å². The summed E-state index contributed by atoms with van der Waals surface area (Å²) in [5.41, 5.74) is -3.62. The van der Waals surface area contributed by atoms with E-state index in [0.717, 1.165) is 6.92 Å². The first-order valence-electron chi connectivity index (χ1n) is 5.35. The Hall–Kier alpha value is -1.72. The molecule has 1 rings (SSSR count). The highest BCUT2D eigenvalue weighted by Gasteiger charge is 2.34. The molecule has 118 valence electrons. The largest absolute Gasteiger partial charge is 0.479 e. The van der Waals surface area contributed by atoms with Gasteiger partial charge in [-0.1, -0.05) is 0 Å². The highest BCUT2D eigenvalue weighted by Crippen LogP contribution is 2.27. The number of aliphatic carboxylic acids is 1. The number of aliphatic hydroxyl groups is 1. The van der Waals surface area contributed by atoms with Gasteiger partial charge in [-0.05, 0) is 19.1 Å². The summed E-state index contributed by atoms with van der Waals surface area (Å²) < 4.78 is 62.1. The Bertz CT molecular complexity index is 625. The van der Waals surface area contributed by atoms with Gasteiger partial charge in [0.05, 0.1) is 6.54 Å². The lowest BCUT2D eigenvalue weighted by Crippen LogP contribution is -2.46. The molecule has 0 aromatic carbocycles. The van der Waals surface area contributed by atoms with Crippen molar-refractivity contribution in [2.45, 2.75) is 23.6 Å². The second kappa shape index (κ2) is 5.58. The molecule has 0 fully saturated rings. The lowest BCUT2D eigenvalue weighted by molar-refractivity contribution is -0.155. The van der Waals surface area contributed by atoms with E-state index < -0.39 is 44.9 Å². The topological polar surface area (TPSA) is 117 Å². The molecule has 0 amide bonds. The molecule has 0 saturated heterocycles. The number of aromatic nitrogens is 1. The molecule has 0 bridgehead atoms. The van der Waals surface area contributed by atoms with Gasteiger partial charge in [0.1, 0.15) is 10.6 Å². The van der Waals surface area contributed by atoms with E-state index in [0.29, 0.717) is 18.3 Å². The Morgan fingerprint density at radius 3 is 2.33 bits per heavy atom. The third-order valence-electron chi connectivity index (χ3n) is 2.40.